The van der Waals surface area contributed by atoms with Crippen molar-refractivity contribution in [2.24, 2.45) is 0 Å². The van der Waals surface area contributed by atoms with Crippen molar-refractivity contribution in [2.45, 2.75) is 38.8 Å². The summed E-state index contributed by atoms with van der Waals surface area (Å²) in [5, 5.41) is 3.04. The maximum Gasteiger partial charge on any atom is 0.221 e. The summed E-state index contributed by atoms with van der Waals surface area (Å²) in [7, 11) is 4.13. The fraction of sp³-hybridized carbons (Fsp3) is 0.611. The largest absolute Gasteiger partial charge is 0.352 e. The van der Waals surface area contributed by atoms with E-state index in [1.165, 1.54) is 30.4 Å². The third-order valence-corrected chi connectivity index (χ3v) is 4.08. The van der Waals surface area contributed by atoms with E-state index in [4.69, 9.17) is 0 Å². The Morgan fingerprint density at radius 3 is 2.64 bits per heavy atom. The summed E-state index contributed by atoms with van der Waals surface area (Å²) in [5.74, 6) is 0.156. The zero-order valence-corrected chi connectivity index (χ0v) is 14.0. The van der Waals surface area contributed by atoms with Gasteiger partial charge in [0.05, 0.1) is 0 Å². The predicted molar refractivity (Wildman–Crippen MR) is 90.6 cm³/mol. The van der Waals surface area contributed by atoms with Gasteiger partial charge in [-0.3, -0.25) is 4.79 Å². The molecule has 1 fully saturated rings. The van der Waals surface area contributed by atoms with Gasteiger partial charge in [0.1, 0.15) is 0 Å². The fourth-order valence-corrected chi connectivity index (χ4v) is 2.93. The minimum Gasteiger partial charge on any atom is -0.352 e. The van der Waals surface area contributed by atoms with Gasteiger partial charge in [-0.2, -0.15) is 0 Å². The predicted octanol–water partition coefficient (Wildman–Crippen LogP) is 2.24. The molecule has 0 atom stereocenters. The standard InChI is InChI=1S/C18H29N3O/c1-20(2)15-17-8-6-7-16(13-17)14-19-18(22)9-12-21-10-4-3-5-11-21/h6-8,13H,3-5,9-12,14-15H2,1-2H3,(H,19,22). The van der Waals surface area contributed by atoms with Gasteiger partial charge < -0.3 is 15.1 Å². The Kier molecular flexibility index (Phi) is 6.87. The molecule has 1 amide bonds. The minimum atomic E-state index is 0.156. The molecule has 4 heteroatoms. The van der Waals surface area contributed by atoms with Crippen LogP contribution in [-0.2, 0) is 17.9 Å². The van der Waals surface area contributed by atoms with E-state index >= 15 is 0 Å². The van der Waals surface area contributed by atoms with Crippen LogP contribution in [0.5, 0.6) is 0 Å². The molecule has 0 spiro atoms. The summed E-state index contributed by atoms with van der Waals surface area (Å²) in [6.07, 6.45) is 4.50. The molecule has 0 radical (unpaired) electrons. The van der Waals surface area contributed by atoms with E-state index in [0.29, 0.717) is 13.0 Å². The van der Waals surface area contributed by atoms with Crippen molar-refractivity contribution in [1.82, 2.24) is 15.1 Å². The lowest BCUT2D eigenvalue weighted by Crippen LogP contribution is -2.34. The number of piperidine rings is 1. The van der Waals surface area contributed by atoms with Crippen molar-refractivity contribution < 1.29 is 4.79 Å². The smallest absolute Gasteiger partial charge is 0.221 e. The number of likely N-dealkylation sites (tertiary alicyclic amines) is 1. The van der Waals surface area contributed by atoms with Crippen molar-refractivity contribution >= 4 is 5.91 Å². The monoisotopic (exact) mass is 303 g/mol. The van der Waals surface area contributed by atoms with Gasteiger partial charge in [0.15, 0.2) is 0 Å². The molecule has 1 aliphatic rings. The SMILES string of the molecule is CN(C)Cc1cccc(CNC(=O)CCN2CCCCC2)c1. The van der Waals surface area contributed by atoms with E-state index in [9.17, 15) is 4.79 Å². The van der Waals surface area contributed by atoms with Crippen molar-refractivity contribution in [3.05, 3.63) is 35.4 Å². The molecular weight excluding hydrogens is 274 g/mol. The highest BCUT2D eigenvalue weighted by Gasteiger charge is 2.11. The maximum absolute atomic E-state index is 12.0. The zero-order valence-electron chi connectivity index (χ0n) is 14.0. The van der Waals surface area contributed by atoms with Crippen LogP contribution < -0.4 is 5.32 Å². The Hall–Kier alpha value is -1.39. The molecule has 0 unspecified atom stereocenters. The molecular formula is C18H29N3O. The van der Waals surface area contributed by atoms with E-state index < -0.39 is 0 Å². The lowest BCUT2D eigenvalue weighted by atomic mass is 10.1. The average Bonchev–Trinajstić information content (AvgIpc) is 2.52. The van der Waals surface area contributed by atoms with Gasteiger partial charge in [-0.15, -0.1) is 0 Å². The fourth-order valence-electron chi connectivity index (χ4n) is 2.93. The van der Waals surface area contributed by atoms with Gasteiger partial charge in [-0.1, -0.05) is 30.7 Å². The number of nitrogens with one attached hydrogen (secondary N) is 1. The Morgan fingerprint density at radius 2 is 1.91 bits per heavy atom. The van der Waals surface area contributed by atoms with E-state index in [2.05, 4.69) is 53.5 Å². The number of amides is 1. The summed E-state index contributed by atoms with van der Waals surface area (Å²) in [4.78, 5) is 16.5. The zero-order chi connectivity index (χ0) is 15.8. The number of carbonyl (C=O) groups excluding carboxylic acids is 1. The molecule has 1 aliphatic heterocycles. The first-order valence-electron chi connectivity index (χ1n) is 8.35. The summed E-state index contributed by atoms with van der Waals surface area (Å²) < 4.78 is 0. The quantitative estimate of drug-likeness (QED) is 0.839. The van der Waals surface area contributed by atoms with Crippen LogP contribution in [0.2, 0.25) is 0 Å². The minimum absolute atomic E-state index is 0.156. The van der Waals surface area contributed by atoms with Crippen LogP contribution in [0.25, 0.3) is 0 Å². The van der Waals surface area contributed by atoms with E-state index in [1.54, 1.807) is 0 Å². The highest BCUT2D eigenvalue weighted by Crippen LogP contribution is 2.09. The molecule has 0 bridgehead atoms. The summed E-state index contributed by atoms with van der Waals surface area (Å²) >= 11 is 0. The number of carbonyl (C=O) groups is 1. The average molecular weight is 303 g/mol. The highest BCUT2D eigenvalue weighted by molar-refractivity contribution is 5.76. The normalized spacial score (nSPS) is 16.0. The number of nitrogens with zero attached hydrogens (tertiary/aromatic N) is 2. The van der Waals surface area contributed by atoms with Crippen LogP contribution in [0.1, 0.15) is 36.8 Å². The number of benzene rings is 1. The van der Waals surface area contributed by atoms with Gasteiger partial charge in [-0.25, -0.2) is 0 Å². The van der Waals surface area contributed by atoms with Gasteiger partial charge in [-0.05, 0) is 51.2 Å². The molecule has 0 aliphatic carbocycles. The summed E-state index contributed by atoms with van der Waals surface area (Å²) in [5.41, 5.74) is 2.45. The van der Waals surface area contributed by atoms with Crippen LogP contribution in [-0.4, -0.2) is 49.4 Å². The lowest BCUT2D eigenvalue weighted by molar-refractivity contribution is -0.121. The second kappa shape index (κ2) is 8.91. The summed E-state index contributed by atoms with van der Waals surface area (Å²) in [6.45, 7) is 4.75. The number of hydrogen-bond acceptors (Lipinski definition) is 3. The Balaban J connectivity index is 1.71. The molecule has 1 saturated heterocycles. The van der Waals surface area contributed by atoms with E-state index in [1.807, 2.05) is 0 Å². The molecule has 1 aromatic carbocycles. The van der Waals surface area contributed by atoms with Crippen LogP contribution >= 0.6 is 0 Å². The second-order valence-corrected chi connectivity index (χ2v) is 6.49. The third kappa shape index (κ3) is 6.16. The number of rotatable bonds is 7. The van der Waals surface area contributed by atoms with Crippen molar-refractivity contribution in [2.75, 3.05) is 33.7 Å². The van der Waals surface area contributed by atoms with E-state index in [0.717, 1.165) is 26.2 Å². The molecule has 1 heterocycles. The lowest BCUT2D eigenvalue weighted by Gasteiger charge is -2.25. The molecule has 2 rings (SSSR count). The molecule has 4 nitrogen and oxygen atoms in total. The van der Waals surface area contributed by atoms with Gasteiger partial charge in [0.25, 0.3) is 0 Å². The molecule has 0 saturated carbocycles. The van der Waals surface area contributed by atoms with Crippen molar-refractivity contribution in [1.29, 1.82) is 0 Å². The molecule has 1 N–H and O–H groups in total. The highest BCUT2D eigenvalue weighted by atomic mass is 16.1. The van der Waals surface area contributed by atoms with E-state index in [-0.39, 0.29) is 5.91 Å². The molecule has 22 heavy (non-hydrogen) atoms. The van der Waals surface area contributed by atoms with Gasteiger partial charge >= 0.3 is 0 Å². The number of hydrogen-bond donors (Lipinski definition) is 1. The van der Waals surface area contributed by atoms with Crippen LogP contribution in [0.4, 0.5) is 0 Å². The summed E-state index contributed by atoms with van der Waals surface area (Å²) in [6, 6.07) is 8.44. The first-order valence-corrected chi connectivity index (χ1v) is 8.35. The van der Waals surface area contributed by atoms with Gasteiger partial charge in [0, 0.05) is 26.1 Å². The Bertz CT molecular complexity index is 467. The maximum atomic E-state index is 12.0. The molecule has 1 aromatic rings. The molecule has 122 valence electrons. The first kappa shape index (κ1) is 17.0. The Labute approximate surface area is 134 Å². The van der Waals surface area contributed by atoms with Gasteiger partial charge in [0.2, 0.25) is 5.91 Å². The topological polar surface area (TPSA) is 35.6 Å². The van der Waals surface area contributed by atoms with Crippen molar-refractivity contribution in [3.8, 4) is 0 Å². The van der Waals surface area contributed by atoms with Crippen LogP contribution in [0.3, 0.4) is 0 Å². The third-order valence-electron chi connectivity index (χ3n) is 4.08. The van der Waals surface area contributed by atoms with Crippen molar-refractivity contribution in [3.63, 3.8) is 0 Å². The Morgan fingerprint density at radius 1 is 1.18 bits per heavy atom. The molecule has 0 aromatic heterocycles. The van der Waals surface area contributed by atoms with Crippen LogP contribution in [0, 0.1) is 0 Å². The first-order chi connectivity index (χ1) is 10.6. The van der Waals surface area contributed by atoms with Crippen LogP contribution in [0.15, 0.2) is 24.3 Å². The second-order valence-electron chi connectivity index (χ2n) is 6.49.